The molecule has 2 N–H and O–H groups in total. The molecule has 39 heavy (non-hydrogen) atoms. The predicted molar refractivity (Wildman–Crippen MR) is 147 cm³/mol. The first-order chi connectivity index (χ1) is 18.6. The molecule has 0 spiro atoms. The van der Waals surface area contributed by atoms with E-state index in [-0.39, 0.29) is 25.2 Å². The Kier molecular flexibility index (Phi) is 9.19. The second-order valence-corrected chi connectivity index (χ2v) is 11.1. The number of hydrogen-bond donors (Lipinski definition) is 2. The minimum absolute atomic E-state index is 0.145. The van der Waals surface area contributed by atoms with Crippen LogP contribution < -0.4 is 10.1 Å². The first-order valence-corrected chi connectivity index (χ1v) is 13.6. The van der Waals surface area contributed by atoms with Gasteiger partial charge in [-0.05, 0) is 63.6 Å². The van der Waals surface area contributed by atoms with Crippen LogP contribution in [-0.4, -0.2) is 91.0 Å². The molecule has 2 aliphatic rings. The van der Waals surface area contributed by atoms with Gasteiger partial charge in [-0.3, -0.25) is 4.90 Å². The van der Waals surface area contributed by atoms with Gasteiger partial charge in [-0.1, -0.05) is 24.3 Å². The molecule has 2 amide bonds. The molecule has 2 aromatic carbocycles. The Bertz CT molecular complexity index is 1150. The Morgan fingerprint density at radius 1 is 1.23 bits per heavy atom. The Balaban J connectivity index is 1.52. The molecule has 1 heterocycles. The highest BCUT2D eigenvalue weighted by atomic mass is 16.6. The van der Waals surface area contributed by atoms with E-state index in [2.05, 4.69) is 27.9 Å². The SMILES string of the molecule is COC(=O)NCCOc1cc(C(C)N(C2CC2)C(O)[C@H]2CN(C(=O)OC(C)(C)C)CCO2)cc2ccccc12. The van der Waals surface area contributed by atoms with Crippen LogP contribution in [-0.2, 0) is 14.2 Å². The average Bonchev–Trinajstić information content (AvgIpc) is 3.75. The molecule has 214 valence electrons. The normalized spacial score (nSPS) is 19.5. The molecular formula is C29H41N3O7. The van der Waals surface area contributed by atoms with Crippen LogP contribution in [0.3, 0.4) is 0 Å². The van der Waals surface area contributed by atoms with Crippen molar-refractivity contribution in [3.63, 3.8) is 0 Å². The van der Waals surface area contributed by atoms with Gasteiger partial charge < -0.3 is 34.3 Å². The van der Waals surface area contributed by atoms with Crippen molar-refractivity contribution in [3.8, 4) is 5.75 Å². The van der Waals surface area contributed by atoms with Gasteiger partial charge >= 0.3 is 12.2 Å². The van der Waals surface area contributed by atoms with Gasteiger partial charge in [0.05, 0.1) is 26.8 Å². The highest BCUT2D eigenvalue weighted by Crippen LogP contribution is 2.39. The first-order valence-electron chi connectivity index (χ1n) is 13.6. The number of carbonyl (C=O) groups excluding carboxylic acids is 2. The van der Waals surface area contributed by atoms with Crippen molar-refractivity contribution in [2.24, 2.45) is 0 Å². The van der Waals surface area contributed by atoms with Crippen LogP contribution in [0, 0.1) is 0 Å². The minimum atomic E-state index is -0.905. The van der Waals surface area contributed by atoms with E-state index in [1.165, 1.54) is 7.11 Å². The number of benzene rings is 2. The van der Waals surface area contributed by atoms with Gasteiger partial charge in [0.1, 0.15) is 30.3 Å². The van der Waals surface area contributed by atoms with Crippen molar-refractivity contribution in [1.82, 2.24) is 15.1 Å². The Morgan fingerprint density at radius 2 is 1.97 bits per heavy atom. The summed E-state index contributed by atoms with van der Waals surface area (Å²) in [5, 5.41) is 16.2. The van der Waals surface area contributed by atoms with Crippen LogP contribution in [0.1, 0.15) is 52.1 Å². The molecule has 10 heteroatoms. The maximum absolute atomic E-state index is 12.7. The molecule has 1 saturated carbocycles. The Morgan fingerprint density at radius 3 is 2.67 bits per heavy atom. The molecule has 2 aromatic rings. The number of fused-ring (bicyclic) bond motifs is 1. The number of carbonyl (C=O) groups is 2. The van der Waals surface area contributed by atoms with E-state index in [1.807, 2.05) is 51.1 Å². The van der Waals surface area contributed by atoms with Gasteiger partial charge in [-0.25, -0.2) is 9.59 Å². The summed E-state index contributed by atoms with van der Waals surface area (Å²) in [5.74, 6) is 0.705. The lowest BCUT2D eigenvalue weighted by atomic mass is 9.99. The lowest BCUT2D eigenvalue weighted by molar-refractivity contribution is -0.152. The smallest absolute Gasteiger partial charge is 0.410 e. The fraction of sp³-hybridized carbons (Fsp3) is 0.586. The number of rotatable bonds is 9. The highest BCUT2D eigenvalue weighted by molar-refractivity contribution is 5.89. The van der Waals surface area contributed by atoms with Gasteiger partial charge in [0.2, 0.25) is 0 Å². The molecule has 0 radical (unpaired) electrons. The van der Waals surface area contributed by atoms with Gasteiger partial charge in [0, 0.05) is 24.0 Å². The van der Waals surface area contributed by atoms with Crippen molar-refractivity contribution >= 4 is 23.0 Å². The number of hydrogen-bond acceptors (Lipinski definition) is 8. The summed E-state index contributed by atoms with van der Waals surface area (Å²) in [6.45, 7) is 9.19. The summed E-state index contributed by atoms with van der Waals surface area (Å²) in [5.41, 5.74) is 0.402. The number of morpholine rings is 1. The topological polar surface area (TPSA) is 110 Å². The lowest BCUT2D eigenvalue weighted by Gasteiger charge is -2.41. The van der Waals surface area contributed by atoms with E-state index >= 15 is 0 Å². The first kappa shape index (κ1) is 28.9. The summed E-state index contributed by atoms with van der Waals surface area (Å²) in [4.78, 5) is 27.8. The summed E-state index contributed by atoms with van der Waals surface area (Å²) in [6.07, 6.45) is -0.394. The average molecular weight is 544 g/mol. The lowest BCUT2D eigenvalue weighted by Crippen LogP contribution is -2.56. The fourth-order valence-corrected chi connectivity index (χ4v) is 4.89. The number of nitrogens with zero attached hydrogens (tertiary/aromatic N) is 2. The maximum Gasteiger partial charge on any atom is 0.410 e. The summed E-state index contributed by atoms with van der Waals surface area (Å²) in [7, 11) is 1.32. The zero-order valence-electron chi connectivity index (χ0n) is 23.5. The van der Waals surface area contributed by atoms with Crippen LogP contribution in [0.4, 0.5) is 9.59 Å². The predicted octanol–water partition coefficient (Wildman–Crippen LogP) is 4.05. The van der Waals surface area contributed by atoms with E-state index in [0.29, 0.717) is 25.4 Å². The van der Waals surface area contributed by atoms with Crippen LogP contribution >= 0.6 is 0 Å². The van der Waals surface area contributed by atoms with E-state index in [1.54, 1.807) is 4.90 Å². The largest absolute Gasteiger partial charge is 0.491 e. The number of amides is 2. The Labute approximate surface area is 230 Å². The molecule has 1 saturated heterocycles. The number of nitrogens with one attached hydrogen (secondary N) is 1. The summed E-state index contributed by atoms with van der Waals surface area (Å²) < 4.78 is 22.2. The van der Waals surface area contributed by atoms with Crippen molar-refractivity contribution in [2.75, 3.05) is 40.0 Å². The molecule has 2 unspecified atom stereocenters. The van der Waals surface area contributed by atoms with Crippen molar-refractivity contribution in [3.05, 3.63) is 42.0 Å². The number of aliphatic hydroxyl groups excluding tert-OH is 1. The standard InChI is InChI=1S/C29H41N3O7/c1-19(21-16-20-8-6-7-9-23(20)24(17-21)37-14-12-30-27(34)36-5)32(22-10-11-22)26(33)25-18-31(13-15-38-25)28(35)39-29(2,3)4/h6-9,16-17,19,22,25-26,33H,10-15,18H2,1-5H3,(H,30,34)/t19?,25-,26?/m1/s1. The summed E-state index contributed by atoms with van der Waals surface area (Å²) >= 11 is 0. The number of alkyl carbamates (subject to hydrolysis) is 1. The van der Waals surface area contributed by atoms with Crippen LogP contribution in [0.5, 0.6) is 5.75 Å². The third kappa shape index (κ3) is 7.52. The van der Waals surface area contributed by atoms with E-state index in [0.717, 1.165) is 29.2 Å². The molecule has 1 aliphatic heterocycles. The number of methoxy groups -OCH3 is 1. The monoisotopic (exact) mass is 543 g/mol. The van der Waals surface area contributed by atoms with Crippen LogP contribution in [0.25, 0.3) is 10.8 Å². The zero-order chi connectivity index (χ0) is 28.2. The van der Waals surface area contributed by atoms with Crippen molar-refractivity contribution in [1.29, 1.82) is 0 Å². The van der Waals surface area contributed by atoms with E-state index in [4.69, 9.17) is 14.2 Å². The second-order valence-electron chi connectivity index (χ2n) is 11.1. The molecule has 1 aliphatic carbocycles. The highest BCUT2D eigenvalue weighted by Gasteiger charge is 2.42. The number of aliphatic hydroxyl groups is 1. The van der Waals surface area contributed by atoms with Gasteiger partial charge in [-0.15, -0.1) is 0 Å². The van der Waals surface area contributed by atoms with Gasteiger partial charge in [0.25, 0.3) is 0 Å². The second kappa shape index (κ2) is 12.4. The van der Waals surface area contributed by atoms with Crippen molar-refractivity contribution < 1.29 is 33.6 Å². The molecule has 4 rings (SSSR count). The van der Waals surface area contributed by atoms with E-state index in [9.17, 15) is 14.7 Å². The van der Waals surface area contributed by atoms with Gasteiger partial charge in [0.15, 0.2) is 0 Å². The molecule has 10 nitrogen and oxygen atoms in total. The minimum Gasteiger partial charge on any atom is -0.491 e. The zero-order valence-corrected chi connectivity index (χ0v) is 23.5. The third-order valence-electron chi connectivity index (χ3n) is 6.94. The fourth-order valence-electron chi connectivity index (χ4n) is 4.89. The van der Waals surface area contributed by atoms with Crippen LogP contribution in [0.15, 0.2) is 36.4 Å². The molecular weight excluding hydrogens is 502 g/mol. The van der Waals surface area contributed by atoms with E-state index < -0.39 is 30.1 Å². The molecule has 0 aromatic heterocycles. The third-order valence-corrected chi connectivity index (χ3v) is 6.94. The molecule has 2 fully saturated rings. The van der Waals surface area contributed by atoms with Crippen LogP contribution in [0.2, 0.25) is 0 Å². The quantitative estimate of drug-likeness (QED) is 0.360. The Hall–Kier alpha value is -3.08. The van der Waals surface area contributed by atoms with Crippen molar-refractivity contribution in [2.45, 2.75) is 70.6 Å². The summed E-state index contributed by atoms with van der Waals surface area (Å²) in [6, 6.07) is 12.2. The maximum atomic E-state index is 12.7. The number of ether oxygens (including phenoxy) is 4. The molecule has 0 bridgehead atoms. The molecule has 3 atom stereocenters. The van der Waals surface area contributed by atoms with Gasteiger partial charge in [-0.2, -0.15) is 0 Å².